The van der Waals surface area contributed by atoms with Crippen LogP contribution in [0.1, 0.15) is 22.8 Å². The molecule has 0 N–H and O–H groups in total. The fourth-order valence-corrected chi connectivity index (χ4v) is 2.21. The van der Waals surface area contributed by atoms with E-state index in [1.165, 1.54) is 6.92 Å². The van der Waals surface area contributed by atoms with Gasteiger partial charge in [0.2, 0.25) is 0 Å². The highest BCUT2D eigenvalue weighted by Crippen LogP contribution is 2.27. The molecule has 0 radical (unpaired) electrons. The van der Waals surface area contributed by atoms with Crippen molar-refractivity contribution >= 4 is 23.1 Å². The van der Waals surface area contributed by atoms with Crippen LogP contribution in [-0.4, -0.2) is 17.8 Å². The van der Waals surface area contributed by atoms with Gasteiger partial charge in [-0.15, -0.1) is 0 Å². The van der Waals surface area contributed by atoms with E-state index in [4.69, 9.17) is 11.6 Å². The second kappa shape index (κ2) is 5.85. The fourth-order valence-electron chi connectivity index (χ4n) is 1.88. The van der Waals surface area contributed by atoms with Gasteiger partial charge in [0, 0.05) is 31.5 Å². The standard InChI is InChI=1S/C15H15ClN2O/c1-11(19)13-3-4-15(14(16)9-13)18(2)10-12-5-7-17-8-6-12/h3-9H,10H2,1-2H3. The van der Waals surface area contributed by atoms with Crippen molar-refractivity contribution in [1.29, 1.82) is 0 Å². The van der Waals surface area contributed by atoms with E-state index < -0.39 is 0 Å². The molecule has 2 rings (SSSR count). The third-order valence-electron chi connectivity index (χ3n) is 2.93. The Bertz CT molecular complexity index is 584. The molecule has 0 spiro atoms. The topological polar surface area (TPSA) is 33.2 Å². The van der Waals surface area contributed by atoms with Gasteiger partial charge in [0.05, 0.1) is 10.7 Å². The summed E-state index contributed by atoms with van der Waals surface area (Å²) in [4.78, 5) is 17.3. The second-order valence-corrected chi connectivity index (χ2v) is 4.84. The molecular formula is C15H15ClN2O. The molecule has 0 saturated carbocycles. The number of carbonyl (C=O) groups is 1. The van der Waals surface area contributed by atoms with Crippen LogP contribution in [0, 0.1) is 0 Å². The number of Topliss-reactive ketones (excluding diaryl/α,β-unsaturated/α-hetero) is 1. The molecule has 0 atom stereocenters. The lowest BCUT2D eigenvalue weighted by Crippen LogP contribution is -2.16. The molecule has 0 aliphatic rings. The molecule has 0 saturated heterocycles. The number of hydrogen-bond acceptors (Lipinski definition) is 3. The summed E-state index contributed by atoms with van der Waals surface area (Å²) in [6, 6.07) is 9.32. The van der Waals surface area contributed by atoms with Crippen molar-refractivity contribution in [2.45, 2.75) is 13.5 Å². The number of hydrogen-bond donors (Lipinski definition) is 0. The Kier molecular flexibility index (Phi) is 4.17. The predicted molar refractivity (Wildman–Crippen MR) is 77.8 cm³/mol. The quantitative estimate of drug-likeness (QED) is 0.799. The lowest BCUT2D eigenvalue weighted by molar-refractivity contribution is 0.101. The number of halogens is 1. The van der Waals surface area contributed by atoms with Gasteiger partial charge in [-0.05, 0) is 42.8 Å². The maximum Gasteiger partial charge on any atom is 0.159 e. The van der Waals surface area contributed by atoms with Gasteiger partial charge in [0.25, 0.3) is 0 Å². The smallest absolute Gasteiger partial charge is 0.159 e. The minimum absolute atomic E-state index is 0.0187. The first kappa shape index (κ1) is 13.6. The molecule has 2 aromatic rings. The monoisotopic (exact) mass is 274 g/mol. The van der Waals surface area contributed by atoms with E-state index >= 15 is 0 Å². The highest BCUT2D eigenvalue weighted by molar-refractivity contribution is 6.33. The molecule has 0 aliphatic carbocycles. The van der Waals surface area contributed by atoms with Crippen molar-refractivity contribution in [1.82, 2.24) is 4.98 Å². The second-order valence-electron chi connectivity index (χ2n) is 4.43. The summed E-state index contributed by atoms with van der Waals surface area (Å²) in [6.45, 7) is 2.27. The van der Waals surface area contributed by atoms with Gasteiger partial charge in [-0.3, -0.25) is 9.78 Å². The van der Waals surface area contributed by atoms with Crippen LogP contribution < -0.4 is 4.90 Å². The molecule has 98 valence electrons. The summed E-state index contributed by atoms with van der Waals surface area (Å²) in [5.41, 5.74) is 2.69. The van der Waals surface area contributed by atoms with Gasteiger partial charge in [-0.2, -0.15) is 0 Å². The van der Waals surface area contributed by atoms with Crippen LogP contribution in [0.25, 0.3) is 0 Å². The van der Waals surface area contributed by atoms with Gasteiger partial charge in [-0.25, -0.2) is 0 Å². The first-order valence-electron chi connectivity index (χ1n) is 5.98. The Morgan fingerprint density at radius 1 is 1.26 bits per heavy atom. The lowest BCUT2D eigenvalue weighted by Gasteiger charge is -2.21. The van der Waals surface area contributed by atoms with Crippen molar-refractivity contribution in [2.24, 2.45) is 0 Å². The third kappa shape index (κ3) is 3.32. The van der Waals surface area contributed by atoms with Crippen molar-refractivity contribution in [3.8, 4) is 0 Å². The van der Waals surface area contributed by atoms with Crippen molar-refractivity contribution in [3.63, 3.8) is 0 Å². The minimum atomic E-state index is 0.0187. The zero-order chi connectivity index (χ0) is 13.8. The van der Waals surface area contributed by atoms with Crippen LogP contribution in [0.2, 0.25) is 5.02 Å². The zero-order valence-electron chi connectivity index (χ0n) is 10.9. The van der Waals surface area contributed by atoms with Crippen molar-refractivity contribution < 1.29 is 4.79 Å². The summed E-state index contributed by atoms with van der Waals surface area (Å²) in [6.07, 6.45) is 3.53. The molecule has 19 heavy (non-hydrogen) atoms. The normalized spacial score (nSPS) is 10.3. The summed E-state index contributed by atoms with van der Waals surface area (Å²) in [5.74, 6) is 0.0187. The maximum absolute atomic E-state index is 11.3. The van der Waals surface area contributed by atoms with E-state index in [9.17, 15) is 4.79 Å². The number of nitrogens with zero attached hydrogens (tertiary/aromatic N) is 2. The van der Waals surface area contributed by atoms with E-state index in [1.54, 1.807) is 24.5 Å². The molecule has 0 bridgehead atoms. The predicted octanol–water partition coefficient (Wildman–Crippen LogP) is 3.57. The van der Waals surface area contributed by atoms with Crippen LogP contribution in [-0.2, 0) is 6.54 Å². The van der Waals surface area contributed by atoms with Gasteiger partial charge in [-0.1, -0.05) is 11.6 Å². The van der Waals surface area contributed by atoms with E-state index in [-0.39, 0.29) is 5.78 Å². The van der Waals surface area contributed by atoms with Crippen molar-refractivity contribution in [2.75, 3.05) is 11.9 Å². The van der Waals surface area contributed by atoms with E-state index in [2.05, 4.69) is 4.98 Å². The molecule has 1 aromatic heterocycles. The molecule has 0 aliphatic heterocycles. The SMILES string of the molecule is CC(=O)c1ccc(N(C)Cc2ccncc2)c(Cl)c1. The average molecular weight is 275 g/mol. The third-order valence-corrected chi connectivity index (χ3v) is 3.24. The van der Waals surface area contributed by atoms with Crippen molar-refractivity contribution in [3.05, 3.63) is 58.9 Å². The maximum atomic E-state index is 11.3. The Hall–Kier alpha value is -1.87. The van der Waals surface area contributed by atoms with Gasteiger partial charge >= 0.3 is 0 Å². The Morgan fingerprint density at radius 3 is 2.53 bits per heavy atom. The molecule has 0 unspecified atom stereocenters. The number of anilines is 1. The van der Waals surface area contributed by atoms with Gasteiger partial charge < -0.3 is 4.90 Å². The average Bonchev–Trinajstić information content (AvgIpc) is 2.39. The van der Waals surface area contributed by atoms with E-state index in [0.717, 1.165) is 17.8 Å². The van der Waals surface area contributed by atoms with E-state index in [0.29, 0.717) is 10.6 Å². The first-order chi connectivity index (χ1) is 9.08. The number of pyridine rings is 1. The number of aromatic nitrogens is 1. The molecule has 0 fully saturated rings. The molecule has 1 heterocycles. The van der Waals surface area contributed by atoms with Crippen LogP contribution in [0.5, 0.6) is 0 Å². The Labute approximate surface area is 117 Å². The van der Waals surface area contributed by atoms with Gasteiger partial charge in [0.1, 0.15) is 0 Å². The van der Waals surface area contributed by atoms with E-state index in [1.807, 2.05) is 30.1 Å². The number of carbonyl (C=O) groups excluding carboxylic acids is 1. The Balaban J connectivity index is 2.20. The number of rotatable bonds is 4. The zero-order valence-corrected chi connectivity index (χ0v) is 11.7. The summed E-state index contributed by atoms with van der Waals surface area (Å²) in [5, 5.41) is 0.587. The number of ketones is 1. The molecule has 4 heteroatoms. The highest BCUT2D eigenvalue weighted by Gasteiger charge is 2.09. The molecule has 3 nitrogen and oxygen atoms in total. The summed E-state index contributed by atoms with van der Waals surface area (Å²) < 4.78 is 0. The Morgan fingerprint density at radius 2 is 1.95 bits per heavy atom. The number of benzene rings is 1. The van der Waals surface area contributed by atoms with Crippen LogP contribution in [0.3, 0.4) is 0 Å². The first-order valence-corrected chi connectivity index (χ1v) is 6.36. The minimum Gasteiger partial charge on any atom is -0.369 e. The molecule has 1 aromatic carbocycles. The summed E-state index contributed by atoms with van der Waals surface area (Å²) in [7, 11) is 1.97. The van der Waals surface area contributed by atoms with Crippen LogP contribution in [0.15, 0.2) is 42.7 Å². The largest absolute Gasteiger partial charge is 0.369 e. The molecular weight excluding hydrogens is 260 g/mol. The highest BCUT2D eigenvalue weighted by atomic mass is 35.5. The lowest BCUT2D eigenvalue weighted by atomic mass is 10.1. The summed E-state index contributed by atoms with van der Waals surface area (Å²) >= 11 is 6.23. The van der Waals surface area contributed by atoms with Crippen LogP contribution >= 0.6 is 11.6 Å². The molecule has 0 amide bonds. The fraction of sp³-hybridized carbons (Fsp3) is 0.200. The van der Waals surface area contributed by atoms with Crippen LogP contribution in [0.4, 0.5) is 5.69 Å². The van der Waals surface area contributed by atoms with Gasteiger partial charge in [0.15, 0.2) is 5.78 Å².